The zero-order valence-corrected chi connectivity index (χ0v) is 22.2. The number of carboxylic acids is 1. The molecule has 3 amide bonds. The van der Waals surface area contributed by atoms with Gasteiger partial charge in [-0.2, -0.15) is 0 Å². The fraction of sp³-hybridized carbons (Fsp3) is 0.200. The highest BCUT2D eigenvalue weighted by Crippen LogP contribution is 2.39. The molecule has 3 aromatic carbocycles. The lowest BCUT2D eigenvalue weighted by molar-refractivity contribution is -0.124. The molecule has 0 bridgehead atoms. The van der Waals surface area contributed by atoms with E-state index in [-0.39, 0.29) is 35.7 Å². The fourth-order valence-corrected chi connectivity index (χ4v) is 4.91. The van der Waals surface area contributed by atoms with Gasteiger partial charge in [0.1, 0.15) is 5.82 Å². The van der Waals surface area contributed by atoms with Crippen LogP contribution in [0, 0.1) is 12.7 Å². The summed E-state index contributed by atoms with van der Waals surface area (Å²) in [6.07, 6.45) is 0. The quantitative estimate of drug-likeness (QED) is 0.268. The number of hydrogen-bond acceptors (Lipinski definition) is 6. The number of carbonyl (C=O) groups is 4. The predicted molar refractivity (Wildman–Crippen MR) is 152 cm³/mol. The minimum Gasteiger partial charge on any atom is -0.478 e. The molecule has 0 unspecified atom stereocenters. The zero-order chi connectivity index (χ0) is 29.1. The van der Waals surface area contributed by atoms with Crippen LogP contribution in [0.15, 0.2) is 60.7 Å². The first-order chi connectivity index (χ1) is 19.7. The van der Waals surface area contributed by atoms with Crippen LogP contribution in [0.25, 0.3) is 11.3 Å². The number of rotatable bonds is 8. The third-order valence-electron chi connectivity index (χ3n) is 6.97. The Hall–Kier alpha value is -5.03. The highest BCUT2D eigenvalue weighted by molar-refractivity contribution is 6.37. The van der Waals surface area contributed by atoms with E-state index in [0.29, 0.717) is 53.4 Å². The van der Waals surface area contributed by atoms with Crippen molar-refractivity contribution < 1.29 is 28.7 Å². The van der Waals surface area contributed by atoms with Crippen LogP contribution in [0.1, 0.15) is 37.4 Å². The SMILES string of the molecule is Cc1cc2c(cc1C(=O)O)NC(=O)C2=C(Nc1ccc(C(=O)NCCN2CCNC(=O)C2)c(F)c1)c1ccccc1. The van der Waals surface area contributed by atoms with E-state index >= 15 is 4.39 Å². The first kappa shape index (κ1) is 27.5. The number of nitrogens with zero attached hydrogens (tertiary/aromatic N) is 1. The van der Waals surface area contributed by atoms with Gasteiger partial charge in [0.05, 0.1) is 34.6 Å². The molecule has 41 heavy (non-hydrogen) atoms. The first-order valence-corrected chi connectivity index (χ1v) is 13.0. The van der Waals surface area contributed by atoms with Crippen LogP contribution in [0.5, 0.6) is 0 Å². The summed E-state index contributed by atoms with van der Waals surface area (Å²) in [5.41, 5.74) is 2.95. The molecule has 3 aromatic rings. The highest BCUT2D eigenvalue weighted by Gasteiger charge is 2.30. The number of aryl methyl sites for hydroxylation is 1. The Morgan fingerprint density at radius 2 is 1.83 bits per heavy atom. The summed E-state index contributed by atoms with van der Waals surface area (Å²) < 4.78 is 15.1. The Balaban J connectivity index is 1.40. The Bertz CT molecular complexity index is 1590. The fourth-order valence-electron chi connectivity index (χ4n) is 4.91. The number of carbonyl (C=O) groups excluding carboxylic acids is 3. The third-order valence-corrected chi connectivity index (χ3v) is 6.97. The van der Waals surface area contributed by atoms with Gasteiger partial charge in [0, 0.05) is 37.4 Å². The maximum absolute atomic E-state index is 15.1. The molecule has 0 atom stereocenters. The van der Waals surface area contributed by atoms with E-state index in [4.69, 9.17) is 0 Å². The van der Waals surface area contributed by atoms with E-state index in [1.54, 1.807) is 43.3 Å². The topological polar surface area (TPSA) is 140 Å². The van der Waals surface area contributed by atoms with Crippen LogP contribution >= 0.6 is 0 Å². The maximum Gasteiger partial charge on any atom is 0.336 e. The standard InChI is InChI=1S/C30H28FN5O5/c1-17-13-22-24(15-21(17)30(40)41)35-29(39)26(22)27(18-5-3-2-4-6-18)34-19-7-8-20(23(31)14-19)28(38)33-10-12-36-11-9-32-25(37)16-36/h2-8,13-15,34H,9-12,16H2,1H3,(H,32,37)(H,33,38)(H,35,39)(H,40,41). The van der Waals surface area contributed by atoms with E-state index in [1.165, 1.54) is 18.2 Å². The predicted octanol–water partition coefficient (Wildman–Crippen LogP) is 2.93. The van der Waals surface area contributed by atoms with Crippen LogP contribution in [-0.4, -0.2) is 66.4 Å². The smallest absolute Gasteiger partial charge is 0.336 e. The minimum absolute atomic E-state index is 0.0692. The molecular formula is C30H28FN5O5. The molecule has 1 fully saturated rings. The summed E-state index contributed by atoms with van der Waals surface area (Å²) in [5.74, 6) is -2.93. The van der Waals surface area contributed by atoms with Crippen molar-refractivity contribution in [1.82, 2.24) is 15.5 Å². The molecule has 0 radical (unpaired) electrons. The molecule has 0 aliphatic carbocycles. The van der Waals surface area contributed by atoms with Crippen molar-refractivity contribution in [2.45, 2.75) is 6.92 Å². The van der Waals surface area contributed by atoms with E-state index in [1.807, 2.05) is 11.0 Å². The molecule has 0 saturated carbocycles. The second kappa shape index (κ2) is 11.6. The van der Waals surface area contributed by atoms with Gasteiger partial charge in [-0.1, -0.05) is 30.3 Å². The molecule has 0 aromatic heterocycles. The number of piperazine rings is 1. The van der Waals surface area contributed by atoms with Crippen molar-refractivity contribution >= 4 is 46.3 Å². The minimum atomic E-state index is -1.10. The average molecular weight is 558 g/mol. The monoisotopic (exact) mass is 557 g/mol. The lowest BCUT2D eigenvalue weighted by Gasteiger charge is -2.26. The van der Waals surface area contributed by atoms with Crippen molar-refractivity contribution in [2.24, 2.45) is 0 Å². The van der Waals surface area contributed by atoms with Gasteiger partial charge in [0.15, 0.2) is 0 Å². The lowest BCUT2D eigenvalue weighted by Crippen LogP contribution is -2.49. The van der Waals surface area contributed by atoms with Gasteiger partial charge in [-0.05, 0) is 48.4 Å². The van der Waals surface area contributed by atoms with Crippen LogP contribution in [0.3, 0.4) is 0 Å². The second-order valence-corrected chi connectivity index (χ2v) is 9.79. The van der Waals surface area contributed by atoms with E-state index < -0.39 is 23.6 Å². The van der Waals surface area contributed by atoms with Gasteiger partial charge in [-0.25, -0.2) is 9.18 Å². The van der Waals surface area contributed by atoms with Gasteiger partial charge < -0.3 is 26.4 Å². The number of carboxylic acid groups (broad SMARTS) is 1. The molecule has 2 aliphatic rings. The largest absolute Gasteiger partial charge is 0.478 e. The van der Waals surface area contributed by atoms with Crippen LogP contribution < -0.4 is 21.3 Å². The Kier molecular flexibility index (Phi) is 7.79. The number of halogens is 1. The molecule has 5 rings (SSSR count). The molecule has 5 N–H and O–H groups in total. The summed E-state index contributed by atoms with van der Waals surface area (Å²) in [6, 6.07) is 16.2. The molecule has 2 heterocycles. The summed E-state index contributed by atoms with van der Waals surface area (Å²) in [5, 5.41) is 20.8. The molecule has 10 nitrogen and oxygen atoms in total. The third kappa shape index (κ3) is 5.94. The van der Waals surface area contributed by atoms with E-state index in [9.17, 15) is 24.3 Å². The van der Waals surface area contributed by atoms with Gasteiger partial charge in [0.25, 0.3) is 11.8 Å². The molecular weight excluding hydrogens is 529 g/mol. The Morgan fingerprint density at radius 3 is 2.54 bits per heavy atom. The summed E-state index contributed by atoms with van der Waals surface area (Å²) in [4.78, 5) is 50.8. The summed E-state index contributed by atoms with van der Waals surface area (Å²) in [7, 11) is 0. The van der Waals surface area contributed by atoms with Gasteiger partial charge in [-0.3, -0.25) is 19.3 Å². The number of fused-ring (bicyclic) bond motifs is 1. The van der Waals surface area contributed by atoms with Crippen LogP contribution in [0.4, 0.5) is 15.8 Å². The van der Waals surface area contributed by atoms with E-state index in [0.717, 1.165) is 0 Å². The molecule has 2 aliphatic heterocycles. The number of aromatic carboxylic acids is 1. The lowest BCUT2D eigenvalue weighted by atomic mass is 9.96. The van der Waals surface area contributed by atoms with Crippen LogP contribution in [-0.2, 0) is 9.59 Å². The molecule has 11 heteroatoms. The first-order valence-electron chi connectivity index (χ1n) is 13.0. The molecule has 1 saturated heterocycles. The van der Waals surface area contributed by atoms with Gasteiger partial charge >= 0.3 is 5.97 Å². The van der Waals surface area contributed by atoms with Gasteiger partial charge in [0.2, 0.25) is 5.91 Å². The Morgan fingerprint density at radius 1 is 1.05 bits per heavy atom. The van der Waals surface area contributed by atoms with Crippen LogP contribution in [0.2, 0.25) is 0 Å². The highest BCUT2D eigenvalue weighted by atomic mass is 19.1. The van der Waals surface area contributed by atoms with Crippen molar-refractivity contribution in [3.8, 4) is 0 Å². The Labute approximate surface area is 235 Å². The maximum atomic E-state index is 15.1. The number of amides is 3. The summed E-state index contributed by atoms with van der Waals surface area (Å²) in [6.45, 7) is 3.86. The van der Waals surface area contributed by atoms with Crippen molar-refractivity contribution in [1.29, 1.82) is 0 Å². The number of hydrogen-bond donors (Lipinski definition) is 5. The average Bonchev–Trinajstić information content (AvgIpc) is 3.25. The van der Waals surface area contributed by atoms with Crippen molar-refractivity contribution in [3.63, 3.8) is 0 Å². The zero-order valence-electron chi connectivity index (χ0n) is 22.2. The normalized spacial score (nSPS) is 16.0. The number of benzene rings is 3. The number of anilines is 2. The van der Waals surface area contributed by atoms with Gasteiger partial charge in [-0.15, -0.1) is 0 Å². The summed E-state index contributed by atoms with van der Waals surface area (Å²) >= 11 is 0. The molecule has 0 spiro atoms. The van der Waals surface area contributed by atoms with Crippen molar-refractivity contribution in [3.05, 3.63) is 94.3 Å². The second-order valence-electron chi connectivity index (χ2n) is 9.79. The molecule has 210 valence electrons. The number of nitrogens with one attached hydrogen (secondary N) is 4. The van der Waals surface area contributed by atoms with E-state index in [2.05, 4.69) is 21.3 Å². The van der Waals surface area contributed by atoms with Crippen molar-refractivity contribution in [2.75, 3.05) is 43.4 Å².